The fraction of sp³-hybridized carbons (Fsp3) is 0.364. The van der Waals surface area contributed by atoms with E-state index in [4.69, 9.17) is 18.6 Å². The van der Waals surface area contributed by atoms with Crippen molar-refractivity contribution in [2.45, 2.75) is 60.8 Å². The molecule has 1 aliphatic heterocycles. The van der Waals surface area contributed by atoms with Gasteiger partial charge in [0.2, 0.25) is 5.78 Å². The number of aliphatic hydroxyl groups excluding tert-OH is 1. The fourth-order valence-corrected chi connectivity index (χ4v) is 7.00. The van der Waals surface area contributed by atoms with E-state index in [0.717, 1.165) is 40.2 Å². The van der Waals surface area contributed by atoms with E-state index in [1.54, 1.807) is 12.2 Å². The van der Waals surface area contributed by atoms with Crippen molar-refractivity contribution in [2.75, 3.05) is 26.4 Å². The molecule has 6 nitrogen and oxygen atoms in total. The highest BCUT2D eigenvalue weighted by atomic mass is 79.9. The fourth-order valence-electron chi connectivity index (χ4n) is 5.75. The second-order valence-electron chi connectivity index (χ2n) is 15.9. The van der Waals surface area contributed by atoms with Gasteiger partial charge in [-0.25, -0.2) is 4.42 Å². The lowest BCUT2D eigenvalue weighted by Crippen LogP contribution is -2.26. The molecular weight excluding hydrogens is 944 g/mol. The van der Waals surface area contributed by atoms with Crippen LogP contribution >= 0.6 is 63.7 Å². The molecule has 10 heteroatoms. The first-order chi connectivity index (χ1) is 25.3. The predicted octanol–water partition coefficient (Wildman–Crippen LogP) is 13.6. The number of Topliss-reactive ketones (excluding diaryl/α,β-unsaturated/α-hetero) is 1. The Hall–Kier alpha value is -2.60. The molecule has 2 heterocycles. The molecule has 0 amide bonds. The largest absolute Gasteiger partial charge is 0.506 e. The third-order valence-electron chi connectivity index (χ3n) is 8.82. The molecule has 0 spiro atoms. The van der Waals surface area contributed by atoms with Crippen molar-refractivity contribution in [3.05, 3.63) is 130 Å². The average Bonchev–Trinajstić information content (AvgIpc) is 3.11. The number of rotatable bonds is 14. The van der Waals surface area contributed by atoms with Crippen LogP contribution < -0.4 is 0 Å². The van der Waals surface area contributed by atoms with Crippen molar-refractivity contribution in [2.24, 2.45) is 17.3 Å². The Bertz CT molecular complexity index is 2080. The van der Waals surface area contributed by atoms with Crippen LogP contribution in [0.4, 0.5) is 0 Å². The monoisotopic (exact) mass is 987 g/mol. The zero-order valence-electron chi connectivity index (χ0n) is 31.9. The molecule has 0 atom stereocenters. The summed E-state index contributed by atoms with van der Waals surface area (Å²) in [6.45, 7) is 18.9. The zero-order chi connectivity index (χ0) is 39.5. The van der Waals surface area contributed by atoms with Gasteiger partial charge in [0, 0.05) is 48.1 Å². The van der Waals surface area contributed by atoms with Gasteiger partial charge in [0.15, 0.2) is 0 Å². The van der Waals surface area contributed by atoms with Crippen molar-refractivity contribution in [1.29, 1.82) is 0 Å². The Morgan fingerprint density at radius 3 is 1.91 bits per heavy atom. The van der Waals surface area contributed by atoms with Crippen LogP contribution in [0.3, 0.4) is 0 Å². The Morgan fingerprint density at radius 2 is 1.33 bits per heavy atom. The number of allylic oxidation sites excluding steroid dienone is 6. The third kappa shape index (κ3) is 10.4. The van der Waals surface area contributed by atoms with E-state index in [-0.39, 0.29) is 22.7 Å². The topological polar surface area (TPSA) is 76.3 Å². The summed E-state index contributed by atoms with van der Waals surface area (Å²) in [7, 11) is 0. The smallest absolute Gasteiger partial charge is 0.360 e. The maximum atomic E-state index is 13.8. The first-order valence-corrected chi connectivity index (χ1v) is 21.1. The summed E-state index contributed by atoms with van der Waals surface area (Å²) in [5.41, 5.74) is 2.68. The van der Waals surface area contributed by atoms with E-state index < -0.39 is 10.8 Å². The van der Waals surface area contributed by atoms with Gasteiger partial charge < -0.3 is 19.3 Å². The molecule has 0 fully saturated rings. The van der Waals surface area contributed by atoms with Crippen LogP contribution in [0, 0.1) is 17.3 Å². The molecule has 0 radical (unpaired) electrons. The average molecular weight is 991 g/mol. The minimum atomic E-state index is -0.475. The van der Waals surface area contributed by atoms with E-state index in [0.29, 0.717) is 61.3 Å². The second-order valence-corrected chi connectivity index (χ2v) is 19.3. The zero-order valence-corrected chi connectivity index (χ0v) is 38.3. The number of benzene rings is 2. The van der Waals surface area contributed by atoms with Crippen molar-refractivity contribution >= 4 is 81.3 Å². The number of halogens is 4. The molecular formula is C44H47Br4O6+. The Kier molecular flexibility index (Phi) is 13.9. The predicted molar refractivity (Wildman–Crippen MR) is 232 cm³/mol. The Balaban J connectivity index is 1.55. The lowest BCUT2D eigenvalue weighted by atomic mass is 9.84. The first kappa shape index (κ1) is 42.5. The van der Waals surface area contributed by atoms with Crippen LogP contribution in [0.1, 0.15) is 72.3 Å². The summed E-state index contributed by atoms with van der Waals surface area (Å²) < 4.78 is 28.7. The summed E-state index contributed by atoms with van der Waals surface area (Å²) in [4.78, 5) is 13.8. The normalized spacial score (nSPS) is 16.7. The number of carbonyl (C=O) groups is 1. The lowest BCUT2D eigenvalue weighted by molar-refractivity contribution is -0.113. The molecule has 0 bridgehead atoms. The summed E-state index contributed by atoms with van der Waals surface area (Å²) in [5, 5.41) is 11.4. The van der Waals surface area contributed by atoms with Crippen molar-refractivity contribution in [3.8, 4) is 11.3 Å². The number of hydrogen-bond donors (Lipinski definition) is 1. The number of ether oxygens (including phenoxy) is 3. The van der Waals surface area contributed by atoms with Crippen LogP contribution in [-0.4, -0.2) is 37.3 Å². The third-order valence-corrected chi connectivity index (χ3v) is 12.6. The Labute approximate surface area is 353 Å². The highest BCUT2D eigenvalue weighted by Gasteiger charge is 2.37. The van der Waals surface area contributed by atoms with Gasteiger partial charge in [0.1, 0.15) is 22.7 Å². The van der Waals surface area contributed by atoms with Crippen LogP contribution in [0.5, 0.6) is 0 Å². The van der Waals surface area contributed by atoms with Gasteiger partial charge in [-0.05, 0) is 155 Å². The van der Waals surface area contributed by atoms with Crippen molar-refractivity contribution in [1.82, 2.24) is 0 Å². The van der Waals surface area contributed by atoms with Gasteiger partial charge in [-0.3, -0.25) is 4.79 Å². The molecule has 3 aromatic rings. The molecule has 2 aromatic carbocycles. The van der Waals surface area contributed by atoms with Gasteiger partial charge in [0.25, 0.3) is 0 Å². The van der Waals surface area contributed by atoms with E-state index in [1.165, 1.54) is 0 Å². The maximum Gasteiger partial charge on any atom is 0.360 e. The van der Waals surface area contributed by atoms with Crippen LogP contribution in [-0.2, 0) is 24.4 Å². The van der Waals surface area contributed by atoms with Crippen molar-refractivity contribution < 1.29 is 28.5 Å². The second kappa shape index (κ2) is 17.7. The van der Waals surface area contributed by atoms with E-state index in [2.05, 4.69) is 119 Å². The number of carbonyl (C=O) groups excluding carboxylic acids is 1. The molecule has 0 saturated carbocycles. The van der Waals surface area contributed by atoms with Gasteiger partial charge in [-0.1, -0.05) is 47.6 Å². The molecule has 1 aromatic heterocycles. The van der Waals surface area contributed by atoms with Crippen molar-refractivity contribution in [3.63, 3.8) is 0 Å². The molecule has 1 N–H and O–H groups in total. The molecule has 0 saturated heterocycles. The quantitative estimate of drug-likeness (QED) is 0.128. The minimum absolute atomic E-state index is 0.0652. The molecule has 286 valence electrons. The molecule has 2 aliphatic rings. The van der Waals surface area contributed by atoms with E-state index in [1.807, 2.05) is 60.7 Å². The molecule has 54 heavy (non-hydrogen) atoms. The number of aliphatic hydroxyl groups is 1. The van der Waals surface area contributed by atoms with Crippen LogP contribution in [0.2, 0.25) is 0 Å². The van der Waals surface area contributed by atoms with Crippen LogP contribution in [0.25, 0.3) is 23.2 Å². The number of ketones is 1. The highest BCUT2D eigenvalue weighted by molar-refractivity contribution is 9.13. The first-order valence-electron chi connectivity index (χ1n) is 17.9. The van der Waals surface area contributed by atoms with Gasteiger partial charge in [-0.2, -0.15) is 0 Å². The SMILES string of the molecule is CC(C)COCC(C)(C)C1=CC(=CC2=C(O)C(=Cc3cc(-c4ccc(Br)c(Br)c4)[o+]c(C(C)(C)COCC(C)C)c3)C2=O)C=C(c2ccc(Br)c(Br)c2)O1. The van der Waals surface area contributed by atoms with Gasteiger partial charge >= 0.3 is 11.5 Å². The summed E-state index contributed by atoms with van der Waals surface area (Å²) in [5.74, 6) is 3.13. The molecule has 0 unspecified atom stereocenters. The standard InChI is InChI=1S/C44H46Br4O6/c1-25(2)21-51-23-43(5,6)39-17-27(15-37(53-39)29-9-11-33(45)35(47)19-29)13-31-41(49)32(42(31)50)14-28-16-38(30-10-12-34(46)36(48)20-30)54-40(18-28)44(7,8)24-52-22-26(3)4/h9-20,25-26H,21-24H2,1-8H3/p+1. The molecule has 1 aliphatic carbocycles. The van der Waals surface area contributed by atoms with E-state index in [9.17, 15) is 9.90 Å². The Morgan fingerprint density at radius 1 is 0.759 bits per heavy atom. The number of hydrogen-bond acceptors (Lipinski definition) is 5. The highest BCUT2D eigenvalue weighted by Crippen LogP contribution is 2.41. The lowest BCUT2D eigenvalue weighted by Gasteiger charge is -2.31. The van der Waals surface area contributed by atoms with Gasteiger partial charge in [0.05, 0.1) is 36.0 Å². The van der Waals surface area contributed by atoms with E-state index >= 15 is 0 Å². The molecule has 5 rings (SSSR count). The summed E-state index contributed by atoms with van der Waals surface area (Å²) in [6, 6.07) is 15.6. The summed E-state index contributed by atoms with van der Waals surface area (Å²) >= 11 is 14.3. The van der Waals surface area contributed by atoms with Gasteiger partial charge in [-0.15, -0.1) is 0 Å². The summed E-state index contributed by atoms with van der Waals surface area (Å²) in [6.07, 6.45) is 7.25. The maximum absolute atomic E-state index is 13.8. The van der Waals surface area contributed by atoms with Crippen LogP contribution in [0.15, 0.2) is 117 Å². The minimum Gasteiger partial charge on any atom is -0.506 e.